The number of hydrogen-bond acceptors (Lipinski definition) is 6. The summed E-state index contributed by atoms with van der Waals surface area (Å²) in [7, 11) is -4.35. The van der Waals surface area contributed by atoms with E-state index in [0.29, 0.717) is 12.4 Å². The van der Waals surface area contributed by atoms with E-state index in [1.54, 1.807) is 6.92 Å². The van der Waals surface area contributed by atoms with Gasteiger partial charge in [-0.3, -0.25) is 13.9 Å². The number of carbonyl (C=O) groups excluding carboxylic acids is 2. The summed E-state index contributed by atoms with van der Waals surface area (Å²) >= 11 is 3.45. The van der Waals surface area contributed by atoms with Crippen LogP contribution in [0.5, 0.6) is 11.5 Å². The molecular formula is C31H33BrFN3O6S. The number of benzene rings is 3. The minimum atomic E-state index is -4.35. The van der Waals surface area contributed by atoms with E-state index in [2.05, 4.69) is 21.2 Å². The highest BCUT2D eigenvalue weighted by Crippen LogP contribution is 2.34. The highest BCUT2D eigenvalue weighted by atomic mass is 79.9. The number of fused-ring (bicyclic) bond motifs is 1. The molecule has 1 fully saturated rings. The third-order valence-corrected chi connectivity index (χ3v) is 9.87. The second kappa shape index (κ2) is 13.3. The van der Waals surface area contributed by atoms with Crippen LogP contribution in [-0.4, -0.2) is 57.0 Å². The minimum Gasteiger partial charge on any atom is -0.486 e. The topological polar surface area (TPSA) is 105 Å². The molecule has 1 aliphatic carbocycles. The van der Waals surface area contributed by atoms with E-state index in [1.165, 1.54) is 35.2 Å². The lowest BCUT2D eigenvalue weighted by molar-refractivity contribution is -0.139. The van der Waals surface area contributed by atoms with Crippen LogP contribution in [0.3, 0.4) is 0 Å². The molecular weight excluding hydrogens is 641 g/mol. The van der Waals surface area contributed by atoms with E-state index >= 15 is 0 Å². The third kappa shape index (κ3) is 7.30. The molecule has 0 bridgehead atoms. The summed E-state index contributed by atoms with van der Waals surface area (Å²) < 4.78 is 54.9. The van der Waals surface area contributed by atoms with Gasteiger partial charge in [-0.05, 0) is 73.9 Å². The predicted molar refractivity (Wildman–Crippen MR) is 163 cm³/mol. The number of hydrogen-bond donors (Lipinski definition) is 1. The lowest BCUT2D eigenvalue weighted by Gasteiger charge is -2.32. The number of halogens is 2. The van der Waals surface area contributed by atoms with E-state index in [9.17, 15) is 22.4 Å². The Bertz CT molecular complexity index is 1580. The smallest absolute Gasteiger partial charge is 0.264 e. The molecule has 3 aromatic carbocycles. The molecule has 0 radical (unpaired) electrons. The van der Waals surface area contributed by atoms with Gasteiger partial charge in [-0.25, -0.2) is 12.8 Å². The van der Waals surface area contributed by atoms with Gasteiger partial charge in [0.15, 0.2) is 11.5 Å². The van der Waals surface area contributed by atoms with E-state index in [0.717, 1.165) is 52.2 Å². The van der Waals surface area contributed by atoms with Gasteiger partial charge in [-0.1, -0.05) is 40.9 Å². The van der Waals surface area contributed by atoms with Crippen molar-refractivity contribution >= 4 is 43.5 Å². The summed E-state index contributed by atoms with van der Waals surface area (Å²) in [5, 5.41) is 3.05. The Morgan fingerprint density at radius 3 is 2.40 bits per heavy atom. The first-order chi connectivity index (χ1) is 20.6. The molecule has 9 nitrogen and oxygen atoms in total. The maximum atomic E-state index is 14.1. The van der Waals surface area contributed by atoms with E-state index in [4.69, 9.17) is 9.47 Å². The Kier molecular flexibility index (Phi) is 9.55. The van der Waals surface area contributed by atoms with E-state index in [1.807, 2.05) is 24.3 Å². The lowest BCUT2D eigenvalue weighted by Crippen LogP contribution is -2.52. The number of amides is 2. The molecule has 0 saturated heterocycles. The zero-order chi connectivity index (χ0) is 30.6. The summed E-state index contributed by atoms with van der Waals surface area (Å²) in [6.45, 7) is 1.69. The van der Waals surface area contributed by atoms with Crippen molar-refractivity contribution in [1.29, 1.82) is 0 Å². The molecule has 43 heavy (non-hydrogen) atoms. The largest absolute Gasteiger partial charge is 0.486 e. The second-order valence-corrected chi connectivity index (χ2v) is 13.4. The van der Waals surface area contributed by atoms with Gasteiger partial charge in [0.1, 0.15) is 31.6 Å². The van der Waals surface area contributed by atoms with Crippen molar-refractivity contribution in [2.75, 3.05) is 24.1 Å². The van der Waals surface area contributed by atoms with Crippen LogP contribution in [0.2, 0.25) is 0 Å². The molecule has 2 aliphatic rings. The Balaban J connectivity index is 1.48. The fourth-order valence-electron chi connectivity index (χ4n) is 5.25. The highest BCUT2D eigenvalue weighted by Gasteiger charge is 2.34. The van der Waals surface area contributed by atoms with Crippen LogP contribution >= 0.6 is 15.9 Å². The van der Waals surface area contributed by atoms with Gasteiger partial charge in [-0.2, -0.15) is 0 Å². The number of anilines is 1. The third-order valence-electron chi connectivity index (χ3n) is 7.61. The van der Waals surface area contributed by atoms with Crippen LogP contribution in [0.25, 0.3) is 0 Å². The number of carbonyl (C=O) groups is 2. The average Bonchev–Trinajstić information content (AvgIpc) is 3.51. The molecule has 0 unspecified atom stereocenters. The molecule has 1 aliphatic heterocycles. The summed E-state index contributed by atoms with van der Waals surface area (Å²) in [6, 6.07) is 15.6. The van der Waals surface area contributed by atoms with Crippen LogP contribution in [0.4, 0.5) is 10.1 Å². The molecule has 1 heterocycles. The van der Waals surface area contributed by atoms with Crippen LogP contribution in [-0.2, 0) is 26.2 Å². The number of rotatable bonds is 10. The quantitative estimate of drug-likeness (QED) is 0.324. The fraction of sp³-hybridized carbons (Fsp3) is 0.355. The van der Waals surface area contributed by atoms with E-state index < -0.39 is 34.3 Å². The predicted octanol–water partition coefficient (Wildman–Crippen LogP) is 5.03. The van der Waals surface area contributed by atoms with Gasteiger partial charge >= 0.3 is 0 Å². The summed E-state index contributed by atoms with van der Waals surface area (Å²) in [6.07, 6.45) is 3.82. The summed E-state index contributed by atoms with van der Waals surface area (Å²) in [5.74, 6) is -0.777. The van der Waals surface area contributed by atoms with Gasteiger partial charge in [0.25, 0.3) is 10.0 Å². The summed E-state index contributed by atoms with van der Waals surface area (Å²) in [5.41, 5.74) is 0.848. The van der Waals surface area contributed by atoms with Crippen molar-refractivity contribution in [3.63, 3.8) is 0 Å². The van der Waals surface area contributed by atoms with E-state index in [-0.39, 0.29) is 41.4 Å². The molecule has 12 heteroatoms. The molecule has 5 rings (SSSR count). The van der Waals surface area contributed by atoms with Gasteiger partial charge < -0.3 is 19.7 Å². The molecule has 0 spiro atoms. The zero-order valence-electron chi connectivity index (χ0n) is 23.7. The van der Waals surface area contributed by atoms with Crippen molar-refractivity contribution in [3.05, 3.63) is 82.6 Å². The van der Waals surface area contributed by atoms with Crippen molar-refractivity contribution in [2.45, 2.75) is 56.1 Å². The standard InChI is InChI=1S/C31H33BrFN3O6S/c1-21(31(38)34-25-7-2-3-8-25)35(19-22-5-4-6-23(32)17-22)30(37)20-36(26-11-9-24(33)10-12-26)43(39,40)27-13-14-28-29(18-27)42-16-15-41-28/h4-6,9-14,17-18,21,25H,2-3,7-8,15-16,19-20H2,1H3,(H,34,38)/t21-/m0/s1. The van der Waals surface area contributed by atoms with Crippen LogP contribution < -0.4 is 19.1 Å². The Morgan fingerprint density at radius 1 is 1.00 bits per heavy atom. The second-order valence-electron chi connectivity index (χ2n) is 10.6. The van der Waals surface area contributed by atoms with Gasteiger partial charge in [0, 0.05) is 23.1 Å². The molecule has 1 N–H and O–H groups in total. The maximum absolute atomic E-state index is 14.1. The van der Waals surface area contributed by atoms with Gasteiger partial charge in [0.2, 0.25) is 11.8 Å². The highest BCUT2D eigenvalue weighted by molar-refractivity contribution is 9.10. The van der Waals surface area contributed by atoms with Crippen LogP contribution in [0, 0.1) is 5.82 Å². The number of nitrogens with zero attached hydrogens (tertiary/aromatic N) is 2. The van der Waals surface area contributed by atoms with Gasteiger partial charge in [-0.15, -0.1) is 0 Å². The van der Waals surface area contributed by atoms with Crippen molar-refractivity contribution < 1.29 is 31.9 Å². The molecule has 3 aromatic rings. The van der Waals surface area contributed by atoms with Crippen molar-refractivity contribution in [3.8, 4) is 11.5 Å². The SMILES string of the molecule is C[C@@H](C(=O)NC1CCCC1)N(Cc1cccc(Br)c1)C(=O)CN(c1ccc(F)cc1)S(=O)(=O)c1ccc2c(c1)OCCO2. The lowest BCUT2D eigenvalue weighted by atomic mass is 10.1. The number of ether oxygens (including phenoxy) is 2. The zero-order valence-corrected chi connectivity index (χ0v) is 26.1. The van der Waals surface area contributed by atoms with Crippen LogP contribution in [0.15, 0.2) is 76.1 Å². The monoisotopic (exact) mass is 673 g/mol. The number of nitrogens with one attached hydrogen (secondary N) is 1. The van der Waals surface area contributed by atoms with Crippen LogP contribution in [0.1, 0.15) is 38.2 Å². The summed E-state index contributed by atoms with van der Waals surface area (Å²) in [4.78, 5) is 28.7. The van der Waals surface area contributed by atoms with Gasteiger partial charge in [0.05, 0.1) is 10.6 Å². The maximum Gasteiger partial charge on any atom is 0.264 e. The van der Waals surface area contributed by atoms with Crippen molar-refractivity contribution in [1.82, 2.24) is 10.2 Å². The normalized spacial score (nSPS) is 15.5. The Hall–Kier alpha value is -3.64. The Morgan fingerprint density at radius 2 is 1.70 bits per heavy atom. The first-order valence-corrected chi connectivity index (χ1v) is 16.4. The first-order valence-electron chi connectivity index (χ1n) is 14.1. The van der Waals surface area contributed by atoms with Crippen molar-refractivity contribution in [2.24, 2.45) is 0 Å². The fourth-order valence-corrected chi connectivity index (χ4v) is 7.13. The first kappa shape index (κ1) is 30.8. The molecule has 228 valence electrons. The molecule has 1 saturated carbocycles. The minimum absolute atomic E-state index is 0.0454. The number of sulfonamides is 1. The Labute approximate surface area is 259 Å². The average molecular weight is 675 g/mol. The molecule has 2 amide bonds. The molecule has 1 atom stereocenters. The molecule has 0 aromatic heterocycles.